The monoisotopic (exact) mass is 480 g/mol. The summed E-state index contributed by atoms with van der Waals surface area (Å²) in [4.78, 5) is 13.9. The number of hydrogen-bond acceptors (Lipinski definition) is 4. The average Bonchev–Trinajstić information content (AvgIpc) is 3.51. The molecule has 2 aliphatic rings. The third kappa shape index (κ3) is 5.48. The van der Waals surface area contributed by atoms with E-state index < -0.39 is 5.60 Å². The second-order valence-electron chi connectivity index (χ2n) is 9.21. The number of aryl methyl sites for hydroxylation is 2. The maximum atomic E-state index is 12.9. The summed E-state index contributed by atoms with van der Waals surface area (Å²) in [6.07, 6.45) is 4.19. The second-order valence-corrected chi connectivity index (χ2v) is 10.2. The van der Waals surface area contributed by atoms with Crippen LogP contribution in [0.2, 0.25) is 0 Å². The second kappa shape index (κ2) is 10.5. The minimum Gasteiger partial charge on any atom is -0.422 e. The van der Waals surface area contributed by atoms with Crippen LogP contribution >= 0.6 is 11.3 Å². The van der Waals surface area contributed by atoms with Crippen molar-refractivity contribution in [3.63, 3.8) is 0 Å². The van der Waals surface area contributed by atoms with Crippen molar-refractivity contribution < 1.29 is 14.6 Å². The van der Waals surface area contributed by atoms with Gasteiger partial charge in [0.05, 0.1) is 5.60 Å². The van der Waals surface area contributed by atoms with Gasteiger partial charge in [0.1, 0.15) is 5.76 Å². The molecule has 176 valence electrons. The first-order chi connectivity index (χ1) is 17.1. The topological polar surface area (TPSA) is 46.5 Å². The van der Waals surface area contributed by atoms with Gasteiger partial charge in [0.2, 0.25) is 0 Å². The molecule has 3 aromatic rings. The molecule has 5 rings (SSSR count). The van der Waals surface area contributed by atoms with Gasteiger partial charge in [-0.05, 0) is 41.8 Å². The van der Waals surface area contributed by atoms with Crippen LogP contribution in [-0.4, -0.2) is 16.7 Å². The van der Waals surface area contributed by atoms with Gasteiger partial charge < -0.3 is 9.84 Å². The zero-order valence-electron chi connectivity index (χ0n) is 19.6. The Labute approximate surface area is 210 Å². The van der Waals surface area contributed by atoms with E-state index in [0.717, 1.165) is 35.3 Å². The minimum absolute atomic E-state index is 0.279. The number of ether oxygens (including phenoxy) is 1. The van der Waals surface area contributed by atoms with E-state index in [-0.39, 0.29) is 5.97 Å². The zero-order chi connectivity index (χ0) is 24.1. The molecule has 1 aliphatic carbocycles. The van der Waals surface area contributed by atoms with E-state index >= 15 is 0 Å². The third-order valence-electron chi connectivity index (χ3n) is 6.61. The van der Waals surface area contributed by atoms with Crippen molar-refractivity contribution in [3.05, 3.63) is 111 Å². The molecule has 3 nitrogen and oxygen atoms in total. The fourth-order valence-corrected chi connectivity index (χ4v) is 5.58. The Bertz CT molecular complexity index is 1310. The van der Waals surface area contributed by atoms with Crippen molar-refractivity contribution in [2.45, 2.75) is 50.5 Å². The predicted octanol–water partition coefficient (Wildman–Crippen LogP) is 6.50. The first-order valence-corrected chi connectivity index (χ1v) is 13.0. The lowest BCUT2D eigenvalue weighted by Crippen LogP contribution is -2.32. The highest BCUT2D eigenvalue weighted by molar-refractivity contribution is 7.11. The van der Waals surface area contributed by atoms with E-state index in [1.807, 2.05) is 53.9 Å². The molecule has 1 atom stereocenters. The van der Waals surface area contributed by atoms with Gasteiger partial charge in [0.15, 0.2) is 0 Å². The Hall–Kier alpha value is -3.39. The molecule has 2 heterocycles. The third-order valence-corrected chi connectivity index (χ3v) is 7.54. The van der Waals surface area contributed by atoms with E-state index in [0.29, 0.717) is 37.0 Å². The summed E-state index contributed by atoms with van der Waals surface area (Å²) in [5, 5.41) is 13.7. The first-order valence-electron chi connectivity index (χ1n) is 12.1. The molecular formula is C31H28O3S. The number of allylic oxidation sites excluding steroid dienone is 1. The number of benzene rings is 2. The Morgan fingerprint density at radius 3 is 2.20 bits per heavy atom. The lowest BCUT2D eigenvalue weighted by molar-refractivity contribution is -0.133. The summed E-state index contributed by atoms with van der Waals surface area (Å²) in [5.41, 5.74) is 3.88. The molecular weight excluding hydrogens is 452 g/mol. The van der Waals surface area contributed by atoms with E-state index in [9.17, 15) is 9.90 Å². The van der Waals surface area contributed by atoms with E-state index in [1.54, 1.807) is 11.3 Å². The maximum absolute atomic E-state index is 12.9. The van der Waals surface area contributed by atoms with E-state index in [4.69, 9.17) is 4.74 Å². The van der Waals surface area contributed by atoms with Crippen molar-refractivity contribution in [2.75, 3.05) is 0 Å². The Kier molecular flexibility index (Phi) is 6.99. The molecule has 35 heavy (non-hydrogen) atoms. The molecule has 1 aromatic heterocycles. The van der Waals surface area contributed by atoms with Gasteiger partial charge in [0.25, 0.3) is 0 Å². The fourth-order valence-electron chi connectivity index (χ4n) is 4.82. The summed E-state index contributed by atoms with van der Waals surface area (Å²) in [7, 11) is 0. The summed E-state index contributed by atoms with van der Waals surface area (Å²) < 4.78 is 5.81. The van der Waals surface area contributed by atoms with Crippen LogP contribution in [-0.2, 0) is 22.4 Å². The van der Waals surface area contributed by atoms with Gasteiger partial charge in [-0.2, -0.15) is 0 Å². The number of rotatable bonds is 7. The van der Waals surface area contributed by atoms with Crippen LogP contribution in [0.15, 0.2) is 95.1 Å². The molecule has 4 heteroatoms. The van der Waals surface area contributed by atoms with Gasteiger partial charge in [-0.1, -0.05) is 66.7 Å². The molecule has 1 N–H and O–H groups in total. The van der Waals surface area contributed by atoms with Crippen molar-refractivity contribution in [2.24, 2.45) is 0 Å². The normalized spacial score (nSPS) is 19.3. The molecule has 0 bridgehead atoms. The highest BCUT2D eigenvalue weighted by atomic mass is 32.1. The standard InChI is InChI=1S/C31H28O3S/c32-30-25(18-17-24-14-6-2-7-15-24)26-21-31(33,19-9-3-8-13-23-11-4-1-5-12-23)22-27(29(26)34-30)28-16-10-20-35-28/h1-2,4-7,10-12,14-16,20,33H,8,13,17-19,21-22H2/t31-/m0/s1. The number of fused-ring (bicyclic) bond motifs is 1. The largest absolute Gasteiger partial charge is 0.422 e. The van der Waals surface area contributed by atoms with Gasteiger partial charge in [0, 0.05) is 47.3 Å². The Morgan fingerprint density at radius 1 is 0.829 bits per heavy atom. The Morgan fingerprint density at radius 2 is 1.51 bits per heavy atom. The predicted molar refractivity (Wildman–Crippen MR) is 140 cm³/mol. The number of esters is 1. The molecule has 0 unspecified atom stereocenters. The van der Waals surface area contributed by atoms with Crippen LogP contribution in [0.5, 0.6) is 0 Å². The maximum Gasteiger partial charge on any atom is 0.339 e. The Balaban J connectivity index is 1.37. The lowest BCUT2D eigenvalue weighted by Gasteiger charge is -2.33. The van der Waals surface area contributed by atoms with Gasteiger partial charge in [-0.3, -0.25) is 0 Å². The molecule has 0 amide bonds. The average molecular weight is 481 g/mol. The summed E-state index contributed by atoms with van der Waals surface area (Å²) in [6.45, 7) is 0. The molecule has 0 saturated heterocycles. The van der Waals surface area contributed by atoms with Crippen LogP contribution in [0.4, 0.5) is 0 Å². The highest BCUT2D eigenvalue weighted by Crippen LogP contribution is 2.48. The number of thiophene rings is 1. The first kappa shape index (κ1) is 23.4. The van der Waals surface area contributed by atoms with Crippen LogP contribution in [0, 0.1) is 11.8 Å². The van der Waals surface area contributed by atoms with Crippen LogP contribution < -0.4 is 0 Å². The van der Waals surface area contributed by atoms with Crippen LogP contribution in [0.25, 0.3) is 5.57 Å². The zero-order valence-corrected chi connectivity index (χ0v) is 20.4. The number of carbonyl (C=O) groups is 1. The molecule has 1 aliphatic heterocycles. The van der Waals surface area contributed by atoms with Gasteiger partial charge >= 0.3 is 5.97 Å². The SMILES string of the molecule is O=C1OC2=C(c3cccs3)C[C@](O)(CC#CCCc3ccccc3)CC2=C1CCc1ccccc1. The van der Waals surface area contributed by atoms with Crippen molar-refractivity contribution in [1.29, 1.82) is 0 Å². The molecule has 0 spiro atoms. The number of hydrogen-bond donors (Lipinski definition) is 1. The number of aliphatic hydroxyl groups is 1. The van der Waals surface area contributed by atoms with E-state index in [2.05, 4.69) is 36.1 Å². The van der Waals surface area contributed by atoms with Gasteiger partial charge in [-0.25, -0.2) is 4.79 Å². The quantitative estimate of drug-likeness (QED) is 0.310. The van der Waals surface area contributed by atoms with Crippen LogP contribution in [0.3, 0.4) is 0 Å². The van der Waals surface area contributed by atoms with Gasteiger partial charge in [-0.15, -0.1) is 23.2 Å². The summed E-state index contributed by atoms with van der Waals surface area (Å²) in [5.74, 6) is 6.85. The molecule has 0 radical (unpaired) electrons. The molecule has 0 fully saturated rings. The molecule has 2 aromatic carbocycles. The van der Waals surface area contributed by atoms with Crippen molar-refractivity contribution >= 4 is 22.9 Å². The summed E-state index contributed by atoms with van der Waals surface area (Å²) in [6, 6.07) is 24.5. The van der Waals surface area contributed by atoms with Crippen molar-refractivity contribution in [1.82, 2.24) is 0 Å². The summed E-state index contributed by atoms with van der Waals surface area (Å²) >= 11 is 1.60. The van der Waals surface area contributed by atoms with E-state index in [1.165, 1.54) is 11.1 Å². The molecule has 0 saturated carbocycles. The highest BCUT2D eigenvalue weighted by Gasteiger charge is 2.43. The minimum atomic E-state index is -1.02. The lowest BCUT2D eigenvalue weighted by atomic mass is 9.77. The fraction of sp³-hybridized carbons (Fsp3) is 0.258. The van der Waals surface area contributed by atoms with Crippen LogP contribution in [0.1, 0.15) is 48.1 Å². The number of carbonyl (C=O) groups excluding carboxylic acids is 1. The van der Waals surface area contributed by atoms with Crippen molar-refractivity contribution in [3.8, 4) is 11.8 Å². The smallest absolute Gasteiger partial charge is 0.339 e.